The second-order valence-corrected chi connectivity index (χ2v) is 6.07. The highest BCUT2D eigenvalue weighted by atomic mass is 32.1. The quantitative estimate of drug-likeness (QED) is 0.914. The monoisotopic (exact) mass is 311 g/mol. The maximum Gasteiger partial charge on any atom is 0.586 e. The van der Waals surface area contributed by atoms with Gasteiger partial charge in [0.25, 0.3) is 5.91 Å². The van der Waals surface area contributed by atoms with Crippen LogP contribution in [0.25, 0.3) is 0 Å². The van der Waals surface area contributed by atoms with Gasteiger partial charge < -0.3 is 14.8 Å². The minimum Gasteiger partial charge on any atom is -0.395 e. The fourth-order valence-electron chi connectivity index (χ4n) is 2.08. The zero-order valence-electron chi connectivity index (χ0n) is 11.2. The Morgan fingerprint density at radius 2 is 1.90 bits per heavy atom. The molecule has 1 amide bonds. The van der Waals surface area contributed by atoms with Crippen LogP contribution in [0, 0.1) is 13.8 Å². The van der Waals surface area contributed by atoms with Gasteiger partial charge in [0.1, 0.15) is 0 Å². The molecule has 0 fully saturated rings. The summed E-state index contributed by atoms with van der Waals surface area (Å²) in [6.07, 6.45) is -3.66. The molecule has 1 aromatic heterocycles. The van der Waals surface area contributed by atoms with E-state index in [0.29, 0.717) is 11.3 Å². The van der Waals surface area contributed by atoms with E-state index < -0.39 is 6.29 Å². The number of alkyl halides is 2. The summed E-state index contributed by atoms with van der Waals surface area (Å²) in [5.74, 6) is -0.445. The number of benzene rings is 1. The number of hydrogen-bond acceptors (Lipinski definition) is 4. The Hall–Kier alpha value is -2.15. The van der Waals surface area contributed by atoms with Crippen LogP contribution in [0.15, 0.2) is 24.3 Å². The molecule has 4 nitrogen and oxygen atoms in total. The predicted octanol–water partition coefficient (Wildman–Crippen LogP) is 3.94. The van der Waals surface area contributed by atoms with Gasteiger partial charge in [0.05, 0.1) is 5.56 Å². The van der Waals surface area contributed by atoms with Crippen LogP contribution < -0.4 is 14.8 Å². The molecule has 0 saturated heterocycles. The highest BCUT2D eigenvalue weighted by molar-refractivity contribution is 7.12. The van der Waals surface area contributed by atoms with Crippen molar-refractivity contribution in [1.82, 2.24) is 0 Å². The maximum atomic E-state index is 12.9. The lowest BCUT2D eigenvalue weighted by molar-refractivity contribution is -0.286. The summed E-state index contributed by atoms with van der Waals surface area (Å²) >= 11 is 1.52. The molecule has 0 radical (unpaired) electrons. The van der Waals surface area contributed by atoms with Crippen molar-refractivity contribution in [1.29, 1.82) is 0 Å². The first-order valence-electron chi connectivity index (χ1n) is 6.12. The molecule has 0 aliphatic carbocycles. The summed E-state index contributed by atoms with van der Waals surface area (Å²) < 4.78 is 34.5. The van der Waals surface area contributed by atoms with Crippen LogP contribution >= 0.6 is 11.3 Å². The number of ether oxygens (including phenoxy) is 2. The highest BCUT2D eigenvalue weighted by Crippen LogP contribution is 2.42. The normalized spacial score (nSPS) is 15.0. The van der Waals surface area contributed by atoms with Crippen LogP contribution in [0.5, 0.6) is 11.5 Å². The van der Waals surface area contributed by atoms with Gasteiger partial charge in [-0.3, -0.25) is 4.79 Å². The Balaban J connectivity index is 1.81. The second-order valence-electron chi connectivity index (χ2n) is 4.61. The molecule has 0 bridgehead atoms. The zero-order chi connectivity index (χ0) is 15.2. The molecule has 0 atom stereocenters. The van der Waals surface area contributed by atoms with Gasteiger partial charge in [-0.25, -0.2) is 0 Å². The van der Waals surface area contributed by atoms with E-state index in [1.807, 2.05) is 13.8 Å². The SMILES string of the molecule is Cc1cc(C(=O)Nc2ccc3c(c2)OC(F)(F)O3)c(C)s1. The average molecular weight is 311 g/mol. The van der Waals surface area contributed by atoms with Gasteiger partial charge in [0, 0.05) is 21.5 Å². The molecule has 0 unspecified atom stereocenters. The van der Waals surface area contributed by atoms with Crippen molar-refractivity contribution in [3.8, 4) is 11.5 Å². The van der Waals surface area contributed by atoms with Gasteiger partial charge in [0.2, 0.25) is 0 Å². The molecule has 2 heterocycles. The molecule has 1 N–H and O–H groups in total. The van der Waals surface area contributed by atoms with E-state index in [9.17, 15) is 13.6 Å². The van der Waals surface area contributed by atoms with Crippen LogP contribution in [0.2, 0.25) is 0 Å². The lowest BCUT2D eigenvalue weighted by Crippen LogP contribution is -2.25. The first-order chi connectivity index (χ1) is 9.84. The summed E-state index contributed by atoms with van der Waals surface area (Å²) in [7, 11) is 0. The fourth-order valence-corrected chi connectivity index (χ4v) is 3.00. The minimum absolute atomic E-state index is 0.0550. The Morgan fingerprint density at radius 1 is 1.19 bits per heavy atom. The topological polar surface area (TPSA) is 47.6 Å². The number of hydrogen-bond donors (Lipinski definition) is 1. The number of halogens is 2. The number of thiophene rings is 1. The number of amides is 1. The molecule has 21 heavy (non-hydrogen) atoms. The summed E-state index contributed by atoms with van der Waals surface area (Å²) in [4.78, 5) is 14.1. The highest BCUT2D eigenvalue weighted by Gasteiger charge is 2.43. The van der Waals surface area contributed by atoms with Gasteiger partial charge in [-0.05, 0) is 32.0 Å². The van der Waals surface area contributed by atoms with Gasteiger partial charge in [-0.2, -0.15) is 0 Å². The first kappa shape index (κ1) is 13.8. The summed E-state index contributed by atoms with van der Waals surface area (Å²) in [5.41, 5.74) is 0.934. The molecular formula is C14H11F2NO3S. The Labute approximate surface area is 123 Å². The van der Waals surface area contributed by atoms with Crippen LogP contribution in [-0.4, -0.2) is 12.2 Å². The zero-order valence-corrected chi connectivity index (χ0v) is 12.0. The van der Waals surface area contributed by atoms with Crippen LogP contribution in [-0.2, 0) is 0 Å². The molecule has 3 rings (SSSR count). The van der Waals surface area contributed by atoms with Gasteiger partial charge in [-0.15, -0.1) is 20.1 Å². The van der Waals surface area contributed by atoms with Gasteiger partial charge in [-0.1, -0.05) is 0 Å². The standard InChI is InChI=1S/C14H11F2NO3S/c1-7-5-10(8(2)21-7)13(18)17-9-3-4-11-12(6-9)20-14(15,16)19-11/h3-6H,1-2H3,(H,17,18). The van der Waals surface area contributed by atoms with Crippen LogP contribution in [0.4, 0.5) is 14.5 Å². The van der Waals surface area contributed by atoms with Crippen molar-refractivity contribution in [3.05, 3.63) is 39.6 Å². The largest absolute Gasteiger partial charge is 0.586 e. The predicted molar refractivity (Wildman–Crippen MR) is 74.4 cm³/mol. The number of aryl methyl sites for hydroxylation is 2. The van der Waals surface area contributed by atoms with E-state index in [2.05, 4.69) is 14.8 Å². The molecule has 1 aliphatic heterocycles. The maximum absolute atomic E-state index is 12.9. The van der Waals surface area contributed by atoms with E-state index in [4.69, 9.17) is 0 Å². The third-order valence-corrected chi connectivity index (χ3v) is 3.91. The van der Waals surface area contributed by atoms with Crippen molar-refractivity contribution in [2.45, 2.75) is 20.1 Å². The molecule has 7 heteroatoms. The minimum atomic E-state index is -3.66. The van der Waals surface area contributed by atoms with Crippen molar-refractivity contribution in [2.75, 3.05) is 5.32 Å². The lowest BCUT2D eigenvalue weighted by Gasteiger charge is -2.05. The smallest absolute Gasteiger partial charge is 0.395 e. The number of fused-ring (bicyclic) bond motifs is 1. The molecule has 0 saturated carbocycles. The van der Waals surface area contributed by atoms with E-state index in [0.717, 1.165) is 9.75 Å². The Bertz CT molecular complexity index is 727. The Morgan fingerprint density at radius 3 is 2.57 bits per heavy atom. The van der Waals surface area contributed by atoms with E-state index in [1.165, 1.54) is 29.5 Å². The van der Waals surface area contributed by atoms with Crippen LogP contribution in [0.1, 0.15) is 20.1 Å². The third kappa shape index (κ3) is 2.69. The fraction of sp³-hybridized carbons (Fsp3) is 0.214. The van der Waals surface area contributed by atoms with Crippen LogP contribution in [0.3, 0.4) is 0 Å². The average Bonchev–Trinajstić information content (AvgIpc) is 2.86. The molecular weight excluding hydrogens is 300 g/mol. The summed E-state index contributed by atoms with van der Waals surface area (Å²) in [6.45, 7) is 3.77. The van der Waals surface area contributed by atoms with Crippen molar-refractivity contribution < 1.29 is 23.0 Å². The third-order valence-electron chi connectivity index (χ3n) is 2.94. The van der Waals surface area contributed by atoms with Crippen molar-refractivity contribution >= 4 is 22.9 Å². The number of anilines is 1. The van der Waals surface area contributed by atoms with Crippen molar-refractivity contribution in [3.63, 3.8) is 0 Å². The number of nitrogens with one attached hydrogen (secondary N) is 1. The Kier molecular flexibility index (Phi) is 3.09. The van der Waals surface area contributed by atoms with Gasteiger partial charge in [0.15, 0.2) is 11.5 Å². The number of rotatable bonds is 2. The van der Waals surface area contributed by atoms with E-state index in [1.54, 1.807) is 6.07 Å². The molecule has 110 valence electrons. The number of carbonyl (C=O) groups excluding carboxylic acids is 1. The first-order valence-corrected chi connectivity index (χ1v) is 6.94. The lowest BCUT2D eigenvalue weighted by atomic mass is 10.2. The molecule has 1 aromatic carbocycles. The second kappa shape index (κ2) is 4.70. The molecule has 2 aromatic rings. The molecule has 1 aliphatic rings. The summed E-state index contributed by atoms with van der Waals surface area (Å²) in [6, 6.07) is 5.91. The number of carbonyl (C=O) groups is 1. The van der Waals surface area contributed by atoms with E-state index in [-0.39, 0.29) is 17.4 Å². The van der Waals surface area contributed by atoms with E-state index >= 15 is 0 Å². The summed E-state index contributed by atoms with van der Waals surface area (Å²) in [5, 5.41) is 2.66. The van der Waals surface area contributed by atoms with Crippen molar-refractivity contribution in [2.24, 2.45) is 0 Å². The van der Waals surface area contributed by atoms with Gasteiger partial charge >= 0.3 is 6.29 Å². The molecule has 0 spiro atoms.